The van der Waals surface area contributed by atoms with E-state index < -0.39 is 0 Å². The van der Waals surface area contributed by atoms with Crippen molar-refractivity contribution in [2.45, 2.75) is 12.8 Å². The van der Waals surface area contributed by atoms with Gasteiger partial charge in [-0.25, -0.2) is 0 Å². The van der Waals surface area contributed by atoms with E-state index in [1.54, 1.807) is 24.3 Å². The summed E-state index contributed by atoms with van der Waals surface area (Å²) in [6.45, 7) is 4.48. The molecule has 1 aromatic carbocycles. The smallest absolute Gasteiger partial charge is 0.251 e. The molecule has 0 atom stereocenters. The van der Waals surface area contributed by atoms with Crippen LogP contribution in [0.1, 0.15) is 23.2 Å². The third-order valence-electron chi connectivity index (χ3n) is 2.45. The molecule has 0 unspecified atom stereocenters. The largest absolute Gasteiger partial charge is 0.352 e. The standard InChI is InChI=1S/C14H16BrClN2O2/c1-10(15)9-18-13(19)3-2-8-17-14(20)11-4-6-12(16)7-5-11/h4-7H,1-3,8-9H2,(H,17,20)(H,18,19). The van der Waals surface area contributed by atoms with Gasteiger partial charge in [0, 0.05) is 34.6 Å². The van der Waals surface area contributed by atoms with E-state index in [-0.39, 0.29) is 11.8 Å². The van der Waals surface area contributed by atoms with Crippen molar-refractivity contribution >= 4 is 39.3 Å². The Labute approximate surface area is 131 Å². The molecule has 2 N–H and O–H groups in total. The zero-order valence-corrected chi connectivity index (χ0v) is 13.3. The van der Waals surface area contributed by atoms with Crippen LogP contribution in [0.15, 0.2) is 35.3 Å². The maximum absolute atomic E-state index is 11.7. The fraction of sp³-hybridized carbons (Fsp3) is 0.286. The summed E-state index contributed by atoms with van der Waals surface area (Å²) in [6.07, 6.45) is 0.946. The quantitative estimate of drug-likeness (QED) is 0.736. The molecule has 0 heterocycles. The molecule has 0 aromatic heterocycles. The summed E-state index contributed by atoms with van der Waals surface area (Å²) in [5.74, 6) is -0.234. The van der Waals surface area contributed by atoms with Gasteiger partial charge in [-0.1, -0.05) is 34.1 Å². The average Bonchev–Trinajstić information content (AvgIpc) is 2.42. The fourth-order valence-corrected chi connectivity index (χ4v) is 1.70. The third-order valence-corrected chi connectivity index (χ3v) is 2.98. The van der Waals surface area contributed by atoms with Crippen molar-refractivity contribution in [3.8, 4) is 0 Å². The van der Waals surface area contributed by atoms with Crippen LogP contribution in [0.4, 0.5) is 0 Å². The molecule has 0 bridgehead atoms. The molecule has 0 saturated carbocycles. The number of carbonyl (C=O) groups is 2. The van der Waals surface area contributed by atoms with Crippen LogP contribution in [0.3, 0.4) is 0 Å². The zero-order valence-electron chi connectivity index (χ0n) is 10.9. The maximum atomic E-state index is 11.7. The Bertz CT molecular complexity index is 488. The first-order valence-corrected chi connectivity index (χ1v) is 7.30. The van der Waals surface area contributed by atoms with Crippen LogP contribution in [-0.2, 0) is 4.79 Å². The van der Waals surface area contributed by atoms with Crippen molar-refractivity contribution < 1.29 is 9.59 Å². The minimum absolute atomic E-state index is 0.0636. The molecule has 1 rings (SSSR count). The van der Waals surface area contributed by atoms with Gasteiger partial charge in [-0.2, -0.15) is 0 Å². The number of carbonyl (C=O) groups excluding carboxylic acids is 2. The lowest BCUT2D eigenvalue weighted by atomic mass is 10.2. The molecule has 0 aliphatic carbocycles. The van der Waals surface area contributed by atoms with E-state index in [0.29, 0.717) is 36.5 Å². The van der Waals surface area contributed by atoms with Gasteiger partial charge in [-0.05, 0) is 30.7 Å². The number of rotatable bonds is 7. The van der Waals surface area contributed by atoms with E-state index in [9.17, 15) is 9.59 Å². The number of nitrogens with one attached hydrogen (secondary N) is 2. The van der Waals surface area contributed by atoms with E-state index in [1.165, 1.54) is 0 Å². The van der Waals surface area contributed by atoms with Crippen molar-refractivity contribution in [3.05, 3.63) is 45.9 Å². The second-order valence-corrected chi connectivity index (χ2v) is 5.72. The topological polar surface area (TPSA) is 58.2 Å². The highest BCUT2D eigenvalue weighted by Gasteiger charge is 2.05. The van der Waals surface area contributed by atoms with Crippen LogP contribution >= 0.6 is 27.5 Å². The van der Waals surface area contributed by atoms with Gasteiger partial charge in [-0.15, -0.1) is 0 Å². The fourth-order valence-electron chi connectivity index (χ4n) is 1.44. The van der Waals surface area contributed by atoms with Gasteiger partial charge in [-0.3, -0.25) is 9.59 Å². The second-order valence-electron chi connectivity index (χ2n) is 4.16. The van der Waals surface area contributed by atoms with Gasteiger partial charge < -0.3 is 10.6 Å². The number of benzene rings is 1. The Morgan fingerprint density at radius 3 is 2.45 bits per heavy atom. The Morgan fingerprint density at radius 2 is 1.85 bits per heavy atom. The predicted octanol–water partition coefficient (Wildman–Crippen LogP) is 2.87. The van der Waals surface area contributed by atoms with E-state index in [0.717, 1.165) is 4.48 Å². The first-order valence-electron chi connectivity index (χ1n) is 6.13. The minimum atomic E-state index is -0.170. The van der Waals surface area contributed by atoms with E-state index >= 15 is 0 Å². The number of amides is 2. The van der Waals surface area contributed by atoms with E-state index in [1.807, 2.05) is 0 Å². The van der Waals surface area contributed by atoms with Gasteiger partial charge in [0.15, 0.2) is 0 Å². The van der Waals surface area contributed by atoms with Crippen LogP contribution in [0.5, 0.6) is 0 Å². The Balaban J connectivity index is 2.20. The van der Waals surface area contributed by atoms with Crippen molar-refractivity contribution in [1.82, 2.24) is 10.6 Å². The lowest BCUT2D eigenvalue weighted by Crippen LogP contribution is -2.28. The molecular weight excluding hydrogens is 344 g/mol. The maximum Gasteiger partial charge on any atom is 0.251 e. The van der Waals surface area contributed by atoms with Crippen molar-refractivity contribution in [2.24, 2.45) is 0 Å². The summed E-state index contributed by atoms with van der Waals surface area (Å²) >= 11 is 8.90. The van der Waals surface area contributed by atoms with Gasteiger partial charge in [0.2, 0.25) is 5.91 Å². The van der Waals surface area contributed by atoms with E-state index in [4.69, 9.17) is 11.6 Å². The second kappa shape index (κ2) is 8.76. The summed E-state index contributed by atoms with van der Waals surface area (Å²) in [5.41, 5.74) is 0.550. The lowest BCUT2D eigenvalue weighted by molar-refractivity contribution is -0.120. The third kappa shape index (κ3) is 6.73. The molecule has 108 valence electrons. The summed E-state index contributed by atoms with van der Waals surface area (Å²) in [5, 5.41) is 6.03. The highest BCUT2D eigenvalue weighted by Crippen LogP contribution is 2.09. The molecule has 0 saturated heterocycles. The summed E-state index contributed by atoms with van der Waals surface area (Å²) in [4.78, 5) is 23.1. The van der Waals surface area contributed by atoms with Gasteiger partial charge >= 0.3 is 0 Å². The Hall–Kier alpha value is -1.33. The molecule has 0 fully saturated rings. The molecule has 0 spiro atoms. The number of hydrogen-bond acceptors (Lipinski definition) is 2. The molecule has 0 aliphatic rings. The summed E-state index contributed by atoms with van der Waals surface area (Å²) in [6, 6.07) is 6.64. The highest BCUT2D eigenvalue weighted by molar-refractivity contribution is 9.11. The highest BCUT2D eigenvalue weighted by atomic mass is 79.9. The minimum Gasteiger partial charge on any atom is -0.352 e. The Kier molecular flexibility index (Phi) is 7.33. The lowest BCUT2D eigenvalue weighted by Gasteiger charge is -2.06. The molecule has 2 amide bonds. The SMILES string of the molecule is C=C(Br)CNC(=O)CCCNC(=O)c1ccc(Cl)cc1. The Morgan fingerprint density at radius 1 is 1.20 bits per heavy atom. The summed E-state index contributed by atoms with van der Waals surface area (Å²) in [7, 11) is 0. The molecule has 6 heteroatoms. The average molecular weight is 360 g/mol. The van der Waals surface area contributed by atoms with Crippen LogP contribution in [0.2, 0.25) is 5.02 Å². The van der Waals surface area contributed by atoms with Crippen LogP contribution in [0.25, 0.3) is 0 Å². The van der Waals surface area contributed by atoms with Crippen LogP contribution in [0, 0.1) is 0 Å². The first kappa shape index (κ1) is 16.7. The van der Waals surface area contributed by atoms with Gasteiger partial charge in [0.25, 0.3) is 5.91 Å². The normalized spacial score (nSPS) is 9.90. The first-order chi connectivity index (χ1) is 9.49. The molecule has 1 aromatic rings. The number of halogens is 2. The molecular formula is C14H16BrClN2O2. The van der Waals surface area contributed by atoms with Crippen molar-refractivity contribution in [3.63, 3.8) is 0 Å². The molecule has 0 aliphatic heterocycles. The van der Waals surface area contributed by atoms with Crippen LogP contribution < -0.4 is 10.6 Å². The molecule has 4 nitrogen and oxygen atoms in total. The van der Waals surface area contributed by atoms with Crippen molar-refractivity contribution in [1.29, 1.82) is 0 Å². The molecule has 20 heavy (non-hydrogen) atoms. The number of hydrogen-bond donors (Lipinski definition) is 2. The van der Waals surface area contributed by atoms with Gasteiger partial charge in [0.05, 0.1) is 0 Å². The molecule has 0 radical (unpaired) electrons. The van der Waals surface area contributed by atoms with Gasteiger partial charge in [0.1, 0.15) is 0 Å². The summed E-state index contributed by atoms with van der Waals surface area (Å²) < 4.78 is 0.724. The van der Waals surface area contributed by atoms with Crippen molar-refractivity contribution in [2.75, 3.05) is 13.1 Å². The van der Waals surface area contributed by atoms with E-state index in [2.05, 4.69) is 33.1 Å². The van der Waals surface area contributed by atoms with Crippen LogP contribution in [-0.4, -0.2) is 24.9 Å². The monoisotopic (exact) mass is 358 g/mol. The zero-order chi connectivity index (χ0) is 15.0. The predicted molar refractivity (Wildman–Crippen MR) is 84.1 cm³/mol.